The van der Waals surface area contributed by atoms with Crippen LogP contribution < -0.4 is 5.32 Å². The molecule has 0 aromatic heterocycles. The van der Waals surface area contributed by atoms with Crippen molar-refractivity contribution in [2.75, 3.05) is 25.1 Å². The van der Waals surface area contributed by atoms with Gasteiger partial charge in [-0.1, -0.05) is 0 Å². The molecule has 4 nitrogen and oxygen atoms in total. The van der Waals surface area contributed by atoms with Crippen LogP contribution >= 0.6 is 0 Å². The molecule has 1 rings (SSSR count). The van der Waals surface area contributed by atoms with Crippen molar-refractivity contribution < 1.29 is 23.4 Å². The largest absolute Gasteiger partial charge is 0.478 e. The van der Waals surface area contributed by atoms with Gasteiger partial charge in [0, 0.05) is 12.2 Å². The molecule has 0 aliphatic rings. The van der Waals surface area contributed by atoms with Crippen LogP contribution in [0.2, 0.25) is 0 Å². The fourth-order valence-corrected chi connectivity index (χ4v) is 1.43. The summed E-state index contributed by atoms with van der Waals surface area (Å²) < 4.78 is 28.2. The Hall–Kier alpha value is -1.69. The molecule has 0 bridgehead atoms. The van der Waals surface area contributed by atoms with E-state index in [9.17, 15) is 13.6 Å². The van der Waals surface area contributed by atoms with Gasteiger partial charge in [0.25, 0.3) is 6.43 Å². The van der Waals surface area contributed by atoms with Gasteiger partial charge in [0.2, 0.25) is 0 Å². The summed E-state index contributed by atoms with van der Waals surface area (Å²) in [6, 6.07) is 4.67. The molecule has 0 heterocycles. The van der Waals surface area contributed by atoms with Crippen LogP contribution in [0.5, 0.6) is 0 Å². The topological polar surface area (TPSA) is 58.6 Å². The lowest BCUT2D eigenvalue weighted by atomic mass is 10.1. The second-order valence-corrected chi connectivity index (χ2v) is 3.73. The number of nitrogens with one attached hydrogen (secondary N) is 1. The third-order valence-corrected chi connectivity index (χ3v) is 2.28. The number of aromatic carboxylic acids is 1. The Labute approximate surface area is 104 Å². The van der Waals surface area contributed by atoms with Crippen LogP contribution in [0.4, 0.5) is 14.5 Å². The van der Waals surface area contributed by atoms with E-state index in [0.717, 1.165) is 11.3 Å². The van der Waals surface area contributed by atoms with Crippen molar-refractivity contribution in [3.8, 4) is 0 Å². The number of ether oxygens (including phenoxy) is 1. The van der Waals surface area contributed by atoms with Crippen molar-refractivity contribution in [3.05, 3.63) is 29.3 Å². The van der Waals surface area contributed by atoms with Gasteiger partial charge in [-0.25, -0.2) is 13.6 Å². The van der Waals surface area contributed by atoms with Crippen LogP contribution in [0.25, 0.3) is 0 Å². The first-order valence-electron chi connectivity index (χ1n) is 5.44. The van der Waals surface area contributed by atoms with E-state index in [4.69, 9.17) is 9.84 Å². The predicted octanol–water partition coefficient (Wildman–Crippen LogP) is 2.39. The molecule has 0 atom stereocenters. The highest BCUT2D eigenvalue weighted by molar-refractivity contribution is 5.88. The summed E-state index contributed by atoms with van der Waals surface area (Å²) in [4.78, 5) is 10.7. The molecule has 0 fully saturated rings. The summed E-state index contributed by atoms with van der Waals surface area (Å²) in [6.45, 7) is 1.76. The lowest BCUT2D eigenvalue weighted by Gasteiger charge is -2.10. The molecule has 0 saturated heterocycles. The molecular weight excluding hydrogens is 244 g/mol. The minimum absolute atomic E-state index is 0.171. The average molecular weight is 259 g/mol. The summed E-state index contributed by atoms with van der Waals surface area (Å²) in [5, 5.41) is 11.8. The van der Waals surface area contributed by atoms with Crippen molar-refractivity contribution in [1.82, 2.24) is 0 Å². The Bertz CT molecular complexity index is 410. The predicted molar refractivity (Wildman–Crippen MR) is 63.5 cm³/mol. The number of hydrogen-bond acceptors (Lipinski definition) is 3. The first-order chi connectivity index (χ1) is 8.50. The van der Waals surface area contributed by atoms with Crippen molar-refractivity contribution >= 4 is 11.7 Å². The van der Waals surface area contributed by atoms with Crippen LogP contribution in [0.15, 0.2) is 18.2 Å². The molecule has 1 aromatic carbocycles. The van der Waals surface area contributed by atoms with Gasteiger partial charge in [-0.2, -0.15) is 0 Å². The number of carboxylic acid groups (broad SMARTS) is 1. The van der Waals surface area contributed by atoms with Crippen molar-refractivity contribution in [2.24, 2.45) is 0 Å². The molecule has 0 saturated carbocycles. The maximum absolute atomic E-state index is 11.8. The second kappa shape index (κ2) is 6.90. The first-order valence-corrected chi connectivity index (χ1v) is 5.44. The Morgan fingerprint density at radius 2 is 2.22 bits per heavy atom. The zero-order chi connectivity index (χ0) is 13.5. The van der Waals surface area contributed by atoms with E-state index in [0.29, 0.717) is 6.54 Å². The quantitative estimate of drug-likeness (QED) is 0.738. The monoisotopic (exact) mass is 259 g/mol. The number of rotatable bonds is 7. The van der Waals surface area contributed by atoms with Gasteiger partial charge in [-0.3, -0.25) is 0 Å². The minimum atomic E-state index is -2.46. The number of halogens is 2. The number of carbonyl (C=O) groups is 1. The molecule has 0 radical (unpaired) electrons. The lowest BCUT2D eigenvalue weighted by Crippen LogP contribution is -2.13. The summed E-state index contributed by atoms with van der Waals surface area (Å²) in [5.41, 5.74) is 1.76. The van der Waals surface area contributed by atoms with Gasteiger partial charge in [0.1, 0.15) is 6.61 Å². The van der Waals surface area contributed by atoms with Gasteiger partial charge < -0.3 is 15.2 Å². The summed E-state index contributed by atoms with van der Waals surface area (Å²) in [7, 11) is 0. The SMILES string of the molecule is Cc1cc(C(=O)O)ccc1NCCOCC(F)F. The average Bonchev–Trinajstić information content (AvgIpc) is 2.29. The molecule has 0 amide bonds. The number of alkyl halides is 2. The van der Waals surface area contributed by atoms with Crippen LogP contribution in [-0.2, 0) is 4.74 Å². The Morgan fingerprint density at radius 1 is 1.50 bits per heavy atom. The number of carboxylic acids is 1. The van der Waals surface area contributed by atoms with E-state index in [1.54, 1.807) is 19.1 Å². The number of benzene rings is 1. The molecular formula is C12H15F2NO3. The lowest BCUT2D eigenvalue weighted by molar-refractivity contribution is 0.0215. The van der Waals surface area contributed by atoms with Crippen molar-refractivity contribution in [1.29, 1.82) is 0 Å². The number of anilines is 1. The van der Waals surface area contributed by atoms with Crippen molar-refractivity contribution in [2.45, 2.75) is 13.3 Å². The molecule has 18 heavy (non-hydrogen) atoms. The molecule has 2 N–H and O–H groups in total. The number of aryl methyl sites for hydroxylation is 1. The smallest absolute Gasteiger partial charge is 0.335 e. The fourth-order valence-electron chi connectivity index (χ4n) is 1.43. The highest BCUT2D eigenvalue weighted by Crippen LogP contribution is 2.16. The highest BCUT2D eigenvalue weighted by atomic mass is 19.3. The molecule has 0 aliphatic heterocycles. The molecule has 0 spiro atoms. The fraction of sp³-hybridized carbons (Fsp3) is 0.417. The van der Waals surface area contributed by atoms with Crippen LogP contribution in [0.3, 0.4) is 0 Å². The van der Waals surface area contributed by atoms with Gasteiger partial charge in [-0.05, 0) is 30.7 Å². The van der Waals surface area contributed by atoms with Gasteiger partial charge in [-0.15, -0.1) is 0 Å². The summed E-state index contributed by atoms with van der Waals surface area (Å²) in [5.74, 6) is -0.982. The van der Waals surface area contributed by atoms with E-state index < -0.39 is 19.0 Å². The summed E-state index contributed by atoms with van der Waals surface area (Å²) >= 11 is 0. The molecule has 6 heteroatoms. The Kier molecular flexibility index (Phi) is 5.51. The van der Waals surface area contributed by atoms with E-state index >= 15 is 0 Å². The Balaban J connectivity index is 2.41. The molecule has 0 aliphatic carbocycles. The Morgan fingerprint density at radius 3 is 2.78 bits per heavy atom. The summed E-state index contributed by atoms with van der Waals surface area (Å²) in [6.07, 6.45) is -2.46. The van der Waals surface area contributed by atoms with E-state index in [1.165, 1.54) is 6.07 Å². The van der Waals surface area contributed by atoms with Gasteiger partial charge >= 0.3 is 5.97 Å². The van der Waals surface area contributed by atoms with Crippen molar-refractivity contribution in [3.63, 3.8) is 0 Å². The number of hydrogen-bond donors (Lipinski definition) is 2. The maximum Gasteiger partial charge on any atom is 0.335 e. The third-order valence-electron chi connectivity index (χ3n) is 2.28. The second-order valence-electron chi connectivity index (χ2n) is 3.73. The van der Waals surface area contributed by atoms with E-state index in [2.05, 4.69) is 5.32 Å². The van der Waals surface area contributed by atoms with Gasteiger partial charge in [0.05, 0.1) is 12.2 Å². The van der Waals surface area contributed by atoms with Crippen LogP contribution in [0, 0.1) is 6.92 Å². The van der Waals surface area contributed by atoms with E-state index in [1.807, 2.05) is 0 Å². The zero-order valence-electron chi connectivity index (χ0n) is 9.95. The first kappa shape index (κ1) is 14.4. The molecule has 100 valence electrons. The van der Waals surface area contributed by atoms with Gasteiger partial charge in [0.15, 0.2) is 0 Å². The normalized spacial score (nSPS) is 10.7. The highest BCUT2D eigenvalue weighted by Gasteiger charge is 2.05. The molecule has 0 unspecified atom stereocenters. The van der Waals surface area contributed by atoms with Crippen LogP contribution in [-0.4, -0.2) is 37.3 Å². The van der Waals surface area contributed by atoms with E-state index in [-0.39, 0.29) is 12.2 Å². The maximum atomic E-state index is 11.8. The van der Waals surface area contributed by atoms with Crippen LogP contribution in [0.1, 0.15) is 15.9 Å². The molecule has 1 aromatic rings. The standard InChI is InChI=1S/C12H15F2NO3/c1-8-6-9(12(16)17)2-3-10(8)15-4-5-18-7-11(13)14/h2-3,6,11,15H,4-5,7H2,1H3,(H,16,17). The minimum Gasteiger partial charge on any atom is -0.478 e. The third kappa shape index (κ3) is 4.67. The zero-order valence-corrected chi connectivity index (χ0v) is 9.95.